The number of carbonyl (C=O) groups is 1. The van der Waals surface area contributed by atoms with Crippen LogP contribution < -0.4 is 5.32 Å². The molecule has 1 unspecified atom stereocenters. The maximum absolute atomic E-state index is 13.0. The Kier molecular flexibility index (Phi) is 4.77. The van der Waals surface area contributed by atoms with E-state index in [0.717, 1.165) is 4.47 Å². The predicted octanol–water partition coefficient (Wildman–Crippen LogP) is 3.71. The van der Waals surface area contributed by atoms with Crippen molar-refractivity contribution in [3.8, 4) is 0 Å². The molecule has 0 bridgehead atoms. The lowest BCUT2D eigenvalue weighted by atomic mass is 10.1. The smallest absolute Gasteiger partial charge is 0.229 e. The van der Waals surface area contributed by atoms with Gasteiger partial charge in [0.25, 0.3) is 0 Å². The first-order chi connectivity index (χ1) is 9.45. The lowest BCUT2D eigenvalue weighted by molar-refractivity contribution is -0.119. The minimum absolute atomic E-state index is 0.0218. The van der Waals surface area contributed by atoms with Crippen molar-refractivity contribution in [2.75, 3.05) is 5.32 Å². The van der Waals surface area contributed by atoms with Gasteiger partial charge in [0.1, 0.15) is 5.82 Å². The van der Waals surface area contributed by atoms with Crippen molar-refractivity contribution >= 4 is 39.1 Å². The molecule has 0 aliphatic heterocycles. The maximum atomic E-state index is 13.0. The minimum atomic E-state index is -0.515. The van der Waals surface area contributed by atoms with Crippen LogP contribution in [0.3, 0.4) is 0 Å². The van der Waals surface area contributed by atoms with E-state index in [1.54, 1.807) is 24.0 Å². The Morgan fingerprint density at radius 1 is 1.60 bits per heavy atom. The van der Waals surface area contributed by atoms with Gasteiger partial charge in [-0.2, -0.15) is 5.10 Å². The lowest BCUT2D eigenvalue weighted by Gasteiger charge is -2.12. The summed E-state index contributed by atoms with van der Waals surface area (Å²) in [6.45, 7) is 2.24. The van der Waals surface area contributed by atoms with Crippen LogP contribution in [0.2, 0.25) is 5.02 Å². The summed E-state index contributed by atoms with van der Waals surface area (Å²) in [6, 6.07) is 4.07. The monoisotopic (exact) mass is 359 g/mol. The van der Waals surface area contributed by atoms with E-state index in [2.05, 4.69) is 26.3 Å². The van der Waals surface area contributed by atoms with Gasteiger partial charge in [-0.3, -0.25) is 9.48 Å². The second-order valence-corrected chi connectivity index (χ2v) is 5.72. The van der Waals surface area contributed by atoms with Crippen LogP contribution in [0.15, 0.2) is 35.1 Å². The zero-order chi connectivity index (χ0) is 14.7. The number of nitrogens with one attached hydrogen (secondary N) is 1. The Morgan fingerprint density at radius 2 is 2.35 bits per heavy atom. The van der Waals surface area contributed by atoms with Gasteiger partial charge in [-0.05, 0) is 34.1 Å². The molecule has 0 spiro atoms. The molecule has 1 heterocycles. The van der Waals surface area contributed by atoms with Crippen molar-refractivity contribution in [3.05, 3.63) is 45.9 Å². The summed E-state index contributed by atoms with van der Waals surface area (Å²) in [5.74, 6) is -0.982. The average Bonchev–Trinajstić information content (AvgIpc) is 2.79. The molecule has 2 aromatic rings. The third kappa shape index (κ3) is 3.80. The van der Waals surface area contributed by atoms with Crippen LogP contribution in [0, 0.1) is 11.7 Å². The molecule has 20 heavy (non-hydrogen) atoms. The Balaban J connectivity index is 1.98. The number of rotatable bonds is 4. The first-order valence-electron chi connectivity index (χ1n) is 5.89. The summed E-state index contributed by atoms with van der Waals surface area (Å²) in [7, 11) is 0. The Labute approximate surface area is 129 Å². The van der Waals surface area contributed by atoms with Gasteiger partial charge in [0.2, 0.25) is 5.91 Å². The summed E-state index contributed by atoms with van der Waals surface area (Å²) in [5, 5.41) is 6.76. The number of benzene rings is 1. The molecular weight excluding hydrogens is 349 g/mol. The summed E-state index contributed by atoms with van der Waals surface area (Å²) in [5.41, 5.74) is 0.467. The average molecular weight is 361 g/mol. The van der Waals surface area contributed by atoms with Crippen LogP contribution >= 0.6 is 27.5 Å². The topological polar surface area (TPSA) is 46.9 Å². The van der Waals surface area contributed by atoms with E-state index in [9.17, 15) is 9.18 Å². The molecule has 1 aromatic heterocycles. The van der Waals surface area contributed by atoms with Crippen molar-refractivity contribution in [2.45, 2.75) is 13.5 Å². The third-order valence-electron chi connectivity index (χ3n) is 2.70. The SMILES string of the molecule is CC(Cn1cc(Br)cn1)C(=O)Nc1ccc(F)c(Cl)c1. The Morgan fingerprint density at radius 3 is 2.95 bits per heavy atom. The standard InChI is InChI=1S/C13H12BrClFN3O/c1-8(6-19-7-9(14)5-17-19)13(20)18-10-2-3-12(16)11(15)4-10/h2-5,7-8H,6H2,1H3,(H,18,20). The van der Waals surface area contributed by atoms with E-state index in [1.807, 2.05) is 0 Å². The highest BCUT2D eigenvalue weighted by Gasteiger charge is 2.15. The molecular formula is C13H12BrClFN3O. The fourth-order valence-electron chi connectivity index (χ4n) is 1.64. The van der Waals surface area contributed by atoms with E-state index in [0.29, 0.717) is 12.2 Å². The number of halogens is 3. The van der Waals surface area contributed by atoms with E-state index in [-0.39, 0.29) is 16.8 Å². The van der Waals surface area contributed by atoms with Crippen LogP contribution in [0.5, 0.6) is 0 Å². The Bertz CT molecular complexity index is 632. The second-order valence-electron chi connectivity index (χ2n) is 4.40. The van der Waals surface area contributed by atoms with E-state index in [1.165, 1.54) is 18.2 Å². The van der Waals surface area contributed by atoms with Crippen molar-refractivity contribution in [3.63, 3.8) is 0 Å². The van der Waals surface area contributed by atoms with Gasteiger partial charge in [0.05, 0.1) is 28.2 Å². The van der Waals surface area contributed by atoms with Crippen molar-refractivity contribution in [1.29, 1.82) is 0 Å². The quantitative estimate of drug-likeness (QED) is 0.903. The molecule has 7 heteroatoms. The van der Waals surface area contributed by atoms with Crippen LogP contribution in [0.1, 0.15) is 6.92 Å². The second kappa shape index (κ2) is 6.37. The van der Waals surface area contributed by atoms with Gasteiger partial charge in [-0.15, -0.1) is 0 Å². The fourth-order valence-corrected chi connectivity index (χ4v) is 2.15. The number of amides is 1. The number of aromatic nitrogens is 2. The number of hydrogen-bond acceptors (Lipinski definition) is 2. The van der Waals surface area contributed by atoms with Gasteiger partial charge < -0.3 is 5.32 Å². The minimum Gasteiger partial charge on any atom is -0.326 e. The first kappa shape index (κ1) is 15.0. The molecule has 1 aromatic carbocycles. The van der Waals surface area contributed by atoms with Crippen LogP contribution in [0.4, 0.5) is 10.1 Å². The molecule has 0 aliphatic rings. The molecule has 106 valence electrons. The molecule has 0 aliphatic carbocycles. The molecule has 1 N–H and O–H groups in total. The van der Waals surface area contributed by atoms with Crippen LogP contribution in [-0.4, -0.2) is 15.7 Å². The maximum Gasteiger partial charge on any atom is 0.229 e. The molecule has 0 saturated carbocycles. The van der Waals surface area contributed by atoms with E-state index >= 15 is 0 Å². The number of nitrogens with zero attached hydrogens (tertiary/aromatic N) is 2. The molecule has 0 saturated heterocycles. The highest BCUT2D eigenvalue weighted by atomic mass is 79.9. The Hall–Kier alpha value is -1.40. The molecule has 0 fully saturated rings. The summed E-state index contributed by atoms with van der Waals surface area (Å²) >= 11 is 8.96. The third-order valence-corrected chi connectivity index (χ3v) is 3.40. The normalized spacial score (nSPS) is 12.2. The van der Waals surface area contributed by atoms with Gasteiger partial charge in [-0.1, -0.05) is 18.5 Å². The molecule has 1 amide bonds. The van der Waals surface area contributed by atoms with E-state index in [4.69, 9.17) is 11.6 Å². The van der Waals surface area contributed by atoms with Crippen LogP contribution in [0.25, 0.3) is 0 Å². The number of anilines is 1. The fraction of sp³-hybridized carbons (Fsp3) is 0.231. The number of hydrogen-bond donors (Lipinski definition) is 1. The molecule has 4 nitrogen and oxygen atoms in total. The van der Waals surface area contributed by atoms with Gasteiger partial charge in [0, 0.05) is 11.9 Å². The first-order valence-corrected chi connectivity index (χ1v) is 7.06. The van der Waals surface area contributed by atoms with Gasteiger partial charge in [-0.25, -0.2) is 4.39 Å². The number of carbonyl (C=O) groups excluding carboxylic acids is 1. The summed E-state index contributed by atoms with van der Waals surface area (Å²) < 4.78 is 15.6. The van der Waals surface area contributed by atoms with Crippen molar-refractivity contribution in [2.24, 2.45) is 5.92 Å². The van der Waals surface area contributed by atoms with Gasteiger partial charge >= 0.3 is 0 Å². The predicted molar refractivity (Wildman–Crippen MR) is 79.1 cm³/mol. The van der Waals surface area contributed by atoms with Gasteiger partial charge in [0.15, 0.2) is 0 Å². The van der Waals surface area contributed by atoms with E-state index < -0.39 is 5.82 Å². The van der Waals surface area contributed by atoms with Crippen molar-refractivity contribution < 1.29 is 9.18 Å². The molecule has 1 atom stereocenters. The molecule has 0 radical (unpaired) electrons. The highest BCUT2D eigenvalue weighted by Crippen LogP contribution is 2.20. The molecule has 2 rings (SSSR count). The summed E-state index contributed by atoms with van der Waals surface area (Å²) in [4.78, 5) is 12.0. The summed E-state index contributed by atoms with van der Waals surface area (Å²) in [6.07, 6.45) is 3.45. The lowest BCUT2D eigenvalue weighted by Crippen LogP contribution is -2.24. The van der Waals surface area contributed by atoms with Crippen molar-refractivity contribution in [1.82, 2.24) is 9.78 Å². The highest BCUT2D eigenvalue weighted by molar-refractivity contribution is 9.10. The zero-order valence-electron chi connectivity index (χ0n) is 10.6. The largest absolute Gasteiger partial charge is 0.326 e. The zero-order valence-corrected chi connectivity index (χ0v) is 12.9. The van der Waals surface area contributed by atoms with Crippen LogP contribution in [-0.2, 0) is 11.3 Å².